The van der Waals surface area contributed by atoms with Gasteiger partial charge in [0.2, 0.25) is 0 Å². The number of hydrogen-bond donors (Lipinski definition) is 0. The molecule has 0 aromatic rings. The van der Waals surface area contributed by atoms with Gasteiger partial charge in [-0.05, 0) is 89.9 Å². The molecule has 0 heterocycles. The highest BCUT2D eigenvalue weighted by atomic mass is 16.6. The lowest BCUT2D eigenvalue weighted by atomic mass is 10.0. The Kier molecular flexibility index (Phi) is 62.7. The van der Waals surface area contributed by atoms with Gasteiger partial charge in [0.1, 0.15) is 13.2 Å². The van der Waals surface area contributed by atoms with E-state index in [9.17, 15) is 14.4 Å². The van der Waals surface area contributed by atoms with Crippen molar-refractivity contribution in [3.63, 3.8) is 0 Å². The van der Waals surface area contributed by atoms with Crippen molar-refractivity contribution in [2.24, 2.45) is 0 Å². The van der Waals surface area contributed by atoms with Gasteiger partial charge in [-0.1, -0.05) is 306 Å². The summed E-state index contributed by atoms with van der Waals surface area (Å²) in [4.78, 5) is 38.4. The zero-order valence-electron chi connectivity index (χ0n) is 51.2. The number of unbranched alkanes of at least 4 members (excludes halogenated alkanes) is 38. The molecule has 0 aliphatic rings. The SMILES string of the molecule is CC/C=C\C/C=C\C/C=C\C/C=C\C/C=C\CCCCCCCC(=O)OCC(COC(=O)CCCCCCCCCCCCCCCCCCC)OC(=O)CCCCCCCCCCC/C=C\CCCCCCCCCC. The molecule has 0 saturated carbocycles. The first-order chi connectivity index (χ1) is 38.0. The van der Waals surface area contributed by atoms with Gasteiger partial charge in [-0.25, -0.2) is 0 Å². The smallest absolute Gasteiger partial charge is 0.306 e. The van der Waals surface area contributed by atoms with Gasteiger partial charge in [-0.2, -0.15) is 0 Å². The van der Waals surface area contributed by atoms with E-state index in [4.69, 9.17) is 14.2 Å². The molecule has 0 aliphatic heterocycles. The first-order valence-electron chi connectivity index (χ1n) is 33.4. The third-order valence-electron chi connectivity index (χ3n) is 14.7. The maximum absolute atomic E-state index is 12.9. The number of rotatable bonds is 61. The Balaban J connectivity index is 4.39. The Bertz CT molecular complexity index is 1420. The molecule has 1 unspecified atom stereocenters. The minimum atomic E-state index is -0.785. The summed E-state index contributed by atoms with van der Waals surface area (Å²) in [5.41, 5.74) is 0. The molecule has 0 saturated heterocycles. The largest absolute Gasteiger partial charge is 0.462 e. The van der Waals surface area contributed by atoms with Crippen molar-refractivity contribution >= 4 is 17.9 Å². The third kappa shape index (κ3) is 63.6. The number of carbonyl (C=O) groups excluding carboxylic acids is 3. The monoisotopic (exact) mass is 1070 g/mol. The van der Waals surface area contributed by atoms with Crippen LogP contribution in [0.4, 0.5) is 0 Å². The summed E-state index contributed by atoms with van der Waals surface area (Å²) in [6.45, 7) is 6.56. The molecule has 0 aliphatic carbocycles. The molecular formula is C71H126O6. The Labute approximate surface area is 478 Å². The lowest BCUT2D eigenvalue weighted by Gasteiger charge is -2.18. The van der Waals surface area contributed by atoms with E-state index in [0.29, 0.717) is 19.3 Å². The molecule has 0 aromatic heterocycles. The summed E-state index contributed by atoms with van der Waals surface area (Å²) < 4.78 is 17.0. The molecule has 446 valence electrons. The molecule has 1 atom stereocenters. The van der Waals surface area contributed by atoms with Crippen LogP contribution in [-0.2, 0) is 28.6 Å². The number of esters is 3. The summed E-state index contributed by atoms with van der Waals surface area (Å²) >= 11 is 0. The molecule has 0 N–H and O–H groups in total. The van der Waals surface area contributed by atoms with Crippen molar-refractivity contribution in [3.05, 3.63) is 72.9 Å². The lowest BCUT2D eigenvalue weighted by Crippen LogP contribution is -2.30. The molecule has 0 fully saturated rings. The van der Waals surface area contributed by atoms with Crippen LogP contribution in [-0.4, -0.2) is 37.2 Å². The molecule has 0 aromatic carbocycles. The Hall–Kier alpha value is -3.15. The predicted molar refractivity (Wildman–Crippen MR) is 335 cm³/mol. The average Bonchev–Trinajstić information content (AvgIpc) is 3.43. The van der Waals surface area contributed by atoms with Gasteiger partial charge in [0, 0.05) is 19.3 Å². The van der Waals surface area contributed by atoms with Crippen LogP contribution in [0.5, 0.6) is 0 Å². The van der Waals surface area contributed by atoms with Crippen LogP contribution in [0.1, 0.15) is 342 Å². The third-order valence-corrected chi connectivity index (χ3v) is 14.7. The first-order valence-corrected chi connectivity index (χ1v) is 33.4. The molecule has 77 heavy (non-hydrogen) atoms. The van der Waals surface area contributed by atoms with E-state index < -0.39 is 6.10 Å². The highest BCUT2D eigenvalue weighted by Gasteiger charge is 2.19. The standard InChI is InChI=1S/C71H126O6/c1-4-7-10-13-16-19-22-25-28-31-33-35-37-40-43-46-49-52-55-58-61-64-70(73)76-67-68(66-75-69(72)63-60-57-54-51-48-45-42-39-30-27-24-21-18-15-12-9-6-3)77-71(74)65-62-59-56-53-50-47-44-41-38-36-34-32-29-26-23-20-17-14-11-8-5-2/h7,10,16,19,25,28,32-35,40,43,68H,4-6,8-9,11-15,17-18,20-24,26-27,29-31,36-39,41-42,44-67H2,1-3H3/b10-7-,19-16-,28-25-,34-32-,35-33-,43-40-. The van der Waals surface area contributed by atoms with E-state index in [1.165, 1.54) is 193 Å². The van der Waals surface area contributed by atoms with Crippen LogP contribution in [0.15, 0.2) is 72.9 Å². The maximum atomic E-state index is 12.9. The number of ether oxygens (including phenoxy) is 3. The highest BCUT2D eigenvalue weighted by molar-refractivity contribution is 5.71. The number of allylic oxidation sites excluding steroid dienone is 12. The quantitative estimate of drug-likeness (QED) is 0.0261. The highest BCUT2D eigenvalue weighted by Crippen LogP contribution is 2.17. The van der Waals surface area contributed by atoms with Crippen molar-refractivity contribution in [2.75, 3.05) is 13.2 Å². The topological polar surface area (TPSA) is 78.9 Å². The fourth-order valence-corrected chi connectivity index (χ4v) is 9.70. The van der Waals surface area contributed by atoms with Crippen molar-refractivity contribution in [1.29, 1.82) is 0 Å². The van der Waals surface area contributed by atoms with Crippen LogP contribution in [0, 0.1) is 0 Å². The van der Waals surface area contributed by atoms with E-state index in [2.05, 4.69) is 93.7 Å². The molecule has 6 heteroatoms. The number of hydrogen-bond acceptors (Lipinski definition) is 6. The van der Waals surface area contributed by atoms with E-state index in [1.54, 1.807) is 0 Å². The zero-order chi connectivity index (χ0) is 55.7. The average molecular weight is 1080 g/mol. The van der Waals surface area contributed by atoms with Gasteiger partial charge in [0.05, 0.1) is 0 Å². The van der Waals surface area contributed by atoms with Crippen LogP contribution in [0.3, 0.4) is 0 Å². The number of carbonyl (C=O) groups is 3. The van der Waals surface area contributed by atoms with E-state index >= 15 is 0 Å². The van der Waals surface area contributed by atoms with Gasteiger partial charge >= 0.3 is 17.9 Å². The predicted octanol–water partition coefficient (Wildman–Crippen LogP) is 22.9. The molecule has 0 rings (SSSR count). The molecule has 6 nitrogen and oxygen atoms in total. The summed E-state index contributed by atoms with van der Waals surface area (Å²) in [5.74, 6) is -0.881. The van der Waals surface area contributed by atoms with E-state index in [1.807, 2.05) is 0 Å². The molecule has 0 radical (unpaired) electrons. The van der Waals surface area contributed by atoms with Crippen molar-refractivity contribution in [2.45, 2.75) is 348 Å². The van der Waals surface area contributed by atoms with Crippen molar-refractivity contribution in [1.82, 2.24) is 0 Å². The summed E-state index contributed by atoms with van der Waals surface area (Å²) in [7, 11) is 0. The van der Waals surface area contributed by atoms with Gasteiger partial charge in [-0.3, -0.25) is 14.4 Å². The van der Waals surface area contributed by atoms with Gasteiger partial charge in [0.15, 0.2) is 6.10 Å². The molecule has 0 spiro atoms. The molecule has 0 amide bonds. The zero-order valence-corrected chi connectivity index (χ0v) is 51.2. The molecular weight excluding hydrogens is 949 g/mol. The van der Waals surface area contributed by atoms with Crippen LogP contribution in [0.25, 0.3) is 0 Å². The summed E-state index contributed by atoms with van der Waals surface area (Å²) in [6, 6.07) is 0. The lowest BCUT2D eigenvalue weighted by molar-refractivity contribution is -0.167. The van der Waals surface area contributed by atoms with E-state index in [-0.39, 0.29) is 31.1 Å². The van der Waals surface area contributed by atoms with Gasteiger partial charge in [0.25, 0.3) is 0 Å². The van der Waals surface area contributed by atoms with Crippen LogP contribution < -0.4 is 0 Å². The first kappa shape index (κ1) is 73.8. The van der Waals surface area contributed by atoms with Crippen LogP contribution in [0.2, 0.25) is 0 Å². The fourth-order valence-electron chi connectivity index (χ4n) is 9.70. The second-order valence-electron chi connectivity index (χ2n) is 22.4. The van der Waals surface area contributed by atoms with Crippen molar-refractivity contribution < 1.29 is 28.6 Å². The Morgan fingerprint density at radius 1 is 0.273 bits per heavy atom. The fraction of sp³-hybridized carbons (Fsp3) is 0.789. The minimum absolute atomic E-state index is 0.0791. The Morgan fingerprint density at radius 3 is 0.805 bits per heavy atom. The second-order valence-corrected chi connectivity index (χ2v) is 22.4. The van der Waals surface area contributed by atoms with E-state index in [0.717, 1.165) is 109 Å². The summed E-state index contributed by atoms with van der Waals surface area (Å²) in [5, 5.41) is 0. The normalized spacial score (nSPS) is 12.5. The molecule has 0 bridgehead atoms. The van der Waals surface area contributed by atoms with Gasteiger partial charge < -0.3 is 14.2 Å². The van der Waals surface area contributed by atoms with Gasteiger partial charge in [-0.15, -0.1) is 0 Å². The maximum Gasteiger partial charge on any atom is 0.306 e. The van der Waals surface area contributed by atoms with Crippen LogP contribution >= 0.6 is 0 Å². The second kappa shape index (κ2) is 65.4. The Morgan fingerprint density at radius 2 is 0.506 bits per heavy atom. The van der Waals surface area contributed by atoms with Crippen molar-refractivity contribution in [3.8, 4) is 0 Å². The minimum Gasteiger partial charge on any atom is -0.462 e. The summed E-state index contributed by atoms with van der Waals surface area (Å²) in [6.07, 6.45) is 84.8.